The molecule has 0 spiro atoms. The zero-order chi connectivity index (χ0) is 19.5. The lowest BCUT2D eigenvalue weighted by Gasteiger charge is -2.25. The number of carbonyl (C=O) groups is 4. The molecule has 0 bridgehead atoms. The summed E-state index contributed by atoms with van der Waals surface area (Å²) in [6, 6.07) is 3.66. The van der Waals surface area contributed by atoms with Gasteiger partial charge in [0.25, 0.3) is 12.4 Å². The lowest BCUT2D eigenvalue weighted by molar-refractivity contribution is -0.155. The molecular weight excluding hydrogens is 340 g/mol. The van der Waals surface area contributed by atoms with Crippen molar-refractivity contribution >= 4 is 24.3 Å². The molecule has 8 heteroatoms. The second-order valence-corrected chi connectivity index (χ2v) is 7.01. The topological polar surface area (TPSA) is 116 Å². The van der Waals surface area contributed by atoms with Crippen molar-refractivity contribution in [3.05, 3.63) is 29.3 Å². The molecule has 2 rings (SSSR count). The Labute approximate surface area is 151 Å². The highest BCUT2D eigenvalue weighted by Crippen LogP contribution is 2.29. The average molecular weight is 362 g/mol. The first-order valence-electron chi connectivity index (χ1n) is 8.17. The van der Waals surface area contributed by atoms with Gasteiger partial charge in [0.2, 0.25) is 5.91 Å². The van der Waals surface area contributed by atoms with Crippen LogP contribution in [0.1, 0.15) is 49.5 Å². The predicted octanol–water partition coefficient (Wildman–Crippen LogP) is 1.15. The maximum Gasteiger partial charge on any atom is 0.306 e. The van der Waals surface area contributed by atoms with Crippen LogP contribution in [0.15, 0.2) is 18.2 Å². The highest BCUT2D eigenvalue weighted by atomic mass is 16.6. The number of hydrogen-bond donors (Lipinski definition) is 1. The second-order valence-electron chi connectivity index (χ2n) is 7.01. The summed E-state index contributed by atoms with van der Waals surface area (Å²) in [4.78, 5) is 48.1. The minimum absolute atomic E-state index is 0.0372. The molecule has 140 valence electrons. The van der Waals surface area contributed by atoms with Crippen molar-refractivity contribution in [1.29, 1.82) is 0 Å². The Balaban J connectivity index is 2.11. The first-order chi connectivity index (χ1) is 12.1. The third-order valence-electron chi connectivity index (χ3n) is 3.84. The fourth-order valence-electron chi connectivity index (χ4n) is 2.80. The molecule has 0 saturated carbocycles. The third-order valence-corrected chi connectivity index (χ3v) is 3.84. The molecule has 1 heterocycles. The van der Waals surface area contributed by atoms with Crippen LogP contribution in [0.3, 0.4) is 0 Å². The zero-order valence-corrected chi connectivity index (χ0v) is 15.0. The summed E-state index contributed by atoms with van der Waals surface area (Å²) >= 11 is 0. The van der Waals surface area contributed by atoms with E-state index < -0.39 is 23.5 Å². The molecule has 1 aromatic rings. The molecular formula is C18H22N2O6. The maximum absolute atomic E-state index is 12.6. The van der Waals surface area contributed by atoms with E-state index in [2.05, 4.69) is 0 Å². The van der Waals surface area contributed by atoms with Gasteiger partial charge < -0.3 is 20.1 Å². The van der Waals surface area contributed by atoms with E-state index in [1.165, 1.54) is 17.0 Å². The van der Waals surface area contributed by atoms with Crippen molar-refractivity contribution in [2.24, 2.45) is 5.73 Å². The van der Waals surface area contributed by atoms with Crippen LogP contribution in [0.25, 0.3) is 0 Å². The van der Waals surface area contributed by atoms with Crippen molar-refractivity contribution in [3.8, 4) is 5.75 Å². The zero-order valence-electron chi connectivity index (χ0n) is 15.0. The summed E-state index contributed by atoms with van der Waals surface area (Å²) in [6.07, 6.45) is 0.0339. The number of primary amides is 1. The van der Waals surface area contributed by atoms with E-state index in [0.29, 0.717) is 23.3 Å². The lowest BCUT2D eigenvalue weighted by atomic mass is 10.1. The SMILES string of the molecule is CC(C)(C)OC(=O)CC[C@@H](C(N)=O)N1Cc2cc(OC=O)ccc2C1=O. The van der Waals surface area contributed by atoms with E-state index in [0.717, 1.165) is 0 Å². The fourth-order valence-corrected chi connectivity index (χ4v) is 2.80. The molecule has 0 fully saturated rings. The Morgan fingerprint density at radius 2 is 2.04 bits per heavy atom. The van der Waals surface area contributed by atoms with Crippen LogP contribution in [-0.2, 0) is 25.7 Å². The normalized spacial score (nSPS) is 14.6. The molecule has 8 nitrogen and oxygen atoms in total. The number of ether oxygens (including phenoxy) is 2. The van der Waals surface area contributed by atoms with E-state index in [-0.39, 0.29) is 25.3 Å². The first kappa shape index (κ1) is 19.4. The quantitative estimate of drug-likeness (QED) is 0.575. The Bertz CT molecular complexity index is 738. The second kappa shape index (κ2) is 7.55. The maximum atomic E-state index is 12.6. The van der Waals surface area contributed by atoms with E-state index in [1.807, 2.05) is 0 Å². The number of amides is 2. The number of fused-ring (bicyclic) bond motifs is 1. The van der Waals surface area contributed by atoms with Gasteiger partial charge in [0.05, 0.1) is 0 Å². The van der Waals surface area contributed by atoms with Gasteiger partial charge in [-0.25, -0.2) is 0 Å². The smallest absolute Gasteiger partial charge is 0.306 e. The van der Waals surface area contributed by atoms with Gasteiger partial charge in [-0.15, -0.1) is 0 Å². The van der Waals surface area contributed by atoms with Crippen molar-refractivity contribution in [1.82, 2.24) is 4.90 Å². The summed E-state index contributed by atoms with van der Waals surface area (Å²) in [7, 11) is 0. The number of hydrogen-bond acceptors (Lipinski definition) is 6. The summed E-state index contributed by atoms with van der Waals surface area (Å²) in [5.41, 5.74) is 5.85. The molecule has 0 radical (unpaired) electrons. The standard InChI is InChI=1S/C18H22N2O6/c1-18(2,3)26-15(22)7-6-14(16(19)23)20-9-11-8-12(25-10-21)4-5-13(11)17(20)24/h4-5,8,10,14H,6-7,9H2,1-3H3,(H2,19,23)/t14-/m0/s1. The van der Waals surface area contributed by atoms with Crippen molar-refractivity contribution in [3.63, 3.8) is 0 Å². The van der Waals surface area contributed by atoms with Gasteiger partial charge >= 0.3 is 5.97 Å². The number of nitrogens with zero attached hydrogens (tertiary/aromatic N) is 1. The molecule has 1 aromatic carbocycles. The Kier molecular flexibility index (Phi) is 5.64. The molecule has 0 saturated heterocycles. The van der Waals surface area contributed by atoms with Crippen LogP contribution in [0.2, 0.25) is 0 Å². The highest BCUT2D eigenvalue weighted by Gasteiger charge is 2.36. The minimum atomic E-state index is -0.933. The number of benzene rings is 1. The summed E-state index contributed by atoms with van der Waals surface area (Å²) < 4.78 is 9.99. The van der Waals surface area contributed by atoms with Gasteiger partial charge in [-0.1, -0.05) is 0 Å². The summed E-state index contributed by atoms with van der Waals surface area (Å²) in [5.74, 6) is -1.21. The van der Waals surface area contributed by atoms with Crippen LogP contribution in [0, 0.1) is 0 Å². The average Bonchev–Trinajstić information content (AvgIpc) is 2.82. The minimum Gasteiger partial charge on any atom is -0.460 e. The molecule has 26 heavy (non-hydrogen) atoms. The summed E-state index contributed by atoms with van der Waals surface area (Å²) in [5, 5.41) is 0. The van der Waals surface area contributed by atoms with Gasteiger partial charge in [-0.05, 0) is 51.0 Å². The highest BCUT2D eigenvalue weighted by molar-refractivity contribution is 6.01. The van der Waals surface area contributed by atoms with Crippen molar-refractivity contribution in [2.75, 3.05) is 0 Å². The molecule has 0 aromatic heterocycles. The molecule has 0 aliphatic carbocycles. The monoisotopic (exact) mass is 362 g/mol. The number of rotatable bonds is 7. The lowest BCUT2D eigenvalue weighted by Crippen LogP contribution is -2.45. The van der Waals surface area contributed by atoms with Crippen molar-refractivity contribution < 1.29 is 28.7 Å². The largest absolute Gasteiger partial charge is 0.460 e. The molecule has 1 atom stereocenters. The van der Waals surface area contributed by atoms with Gasteiger partial charge in [-0.3, -0.25) is 19.2 Å². The molecule has 2 amide bonds. The van der Waals surface area contributed by atoms with Gasteiger partial charge in [0.1, 0.15) is 17.4 Å². The third kappa shape index (κ3) is 4.59. The van der Waals surface area contributed by atoms with E-state index >= 15 is 0 Å². The van der Waals surface area contributed by atoms with E-state index in [4.69, 9.17) is 15.2 Å². The first-order valence-corrected chi connectivity index (χ1v) is 8.17. The molecule has 0 unspecified atom stereocenters. The molecule has 1 aliphatic heterocycles. The van der Waals surface area contributed by atoms with Gasteiger partial charge in [0.15, 0.2) is 0 Å². The molecule has 2 N–H and O–H groups in total. The number of carbonyl (C=O) groups excluding carboxylic acids is 4. The van der Waals surface area contributed by atoms with Crippen LogP contribution >= 0.6 is 0 Å². The van der Waals surface area contributed by atoms with Crippen LogP contribution in [-0.4, -0.2) is 40.8 Å². The Morgan fingerprint density at radius 1 is 1.35 bits per heavy atom. The molecule has 1 aliphatic rings. The fraction of sp³-hybridized carbons (Fsp3) is 0.444. The number of nitrogens with two attached hydrogens (primary N) is 1. The van der Waals surface area contributed by atoms with Crippen molar-refractivity contribution in [2.45, 2.75) is 51.8 Å². The van der Waals surface area contributed by atoms with E-state index in [9.17, 15) is 19.2 Å². The van der Waals surface area contributed by atoms with Crippen LogP contribution < -0.4 is 10.5 Å². The Hall–Kier alpha value is -2.90. The van der Waals surface area contributed by atoms with Gasteiger partial charge in [0, 0.05) is 18.5 Å². The summed E-state index contributed by atoms with van der Waals surface area (Å²) in [6.45, 7) is 5.68. The Morgan fingerprint density at radius 3 is 2.62 bits per heavy atom. The van der Waals surface area contributed by atoms with Crippen LogP contribution in [0.5, 0.6) is 5.75 Å². The van der Waals surface area contributed by atoms with Gasteiger partial charge in [-0.2, -0.15) is 0 Å². The van der Waals surface area contributed by atoms with E-state index in [1.54, 1.807) is 26.8 Å². The van der Waals surface area contributed by atoms with Crippen LogP contribution in [0.4, 0.5) is 0 Å². The predicted molar refractivity (Wildman–Crippen MR) is 91.1 cm³/mol. The number of esters is 1.